The molecule has 1 saturated carbocycles. The number of carbonyl (C=O) groups is 2. The van der Waals surface area contributed by atoms with Gasteiger partial charge in [0, 0.05) is 29.4 Å². The number of hydrogen-bond donors (Lipinski definition) is 4. The van der Waals surface area contributed by atoms with Gasteiger partial charge >= 0.3 is 0 Å². The summed E-state index contributed by atoms with van der Waals surface area (Å²) < 4.78 is 0. The largest absolute Gasteiger partial charge is 0.361 e. The lowest BCUT2D eigenvalue weighted by Gasteiger charge is -2.29. The Balaban J connectivity index is 1.71. The van der Waals surface area contributed by atoms with Crippen molar-refractivity contribution in [1.82, 2.24) is 15.6 Å². The summed E-state index contributed by atoms with van der Waals surface area (Å²) in [6.07, 6.45) is 5.46. The van der Waals surface area contributed by atoms with Gasteiger partial charge in [0.2, 0.25) is 11.8 Å². The number of nitrogens with one attached hydrogen (secondary N) is 3. The second kappa shape index (κ2) is 7.30. The fraction of sp³-hybridized carbons (Fsp3) is 0.444. The molecule has 0 spiro atoms. The van der Waals surface area contributed by atoms with Crippen LogP contribution < -0.4 is 10.6 Å². The van der Waals surface area contributed by atoms with Crippen molar-refractivity contribution in [2.45, 2.75) is 37.6 Å². The summed E-state index contributed by atoms with van der Waals surface area (Å²) in [4.78, 5) is 28.3. The molecule has 0 unspecified atom stereocenters. The number of aromatic nitrogens is 1. The van der Waals surface area contributed by atoms with Gasteiger partial charge in [0.15, 0.2) is 0 Å². The van der Waals surface area contributed by atoms with E-state index in [9.17, 15) is 9.59 Å². The minimum atomic E-state index is -0.758. The Bertz CT molecular complexity index is 735. The number of rotatable bonds is 6. The van der Waals surface area contributed by atoms with Gasteiger partial charge in [-0.15, -0.1) is 0 Å². The quantitative estimate of drug-likeness (QED) is 0.606. The Morgan fingerprint density at radius 3 is 2.71 bits per heavy atom. The number of hydrogen-bond acceptors (Lipinski definition) is 3. The van der Waals surface area contributed by atoms with Crippen LogP contribution in [0.25, 0.3) is 10.9 Å². The second-order valence-corrected chi connectivity index (χ2v) is 6.80. The molecule has 5 nitrogen and oxygen atoms in total. The fourth-order valence-corrected chi connectivity index (χ4v) is 3.60. The topological polar surface area (TPSA) is 74.0 Å². The SMILES string of the molecule is O=C(Cc1c[nH]c2ccccc12)NC1(C(=O)NCCS)CCCC1. The molecular weight excluding hydrogens is 322 g/mol. The van der Waals surface area contributed by atoms with Crippen molar-refractivity contribution < 1.29 is 9.59 Å². The third-order valence-corrected chi connectivity index (χ3v) is 4.92. The zero-order chi connectivity index (χ0) is 17.0. The lowest BCUT2D eigenvalue weighted by molar-refractivity contribution is -0.133. The van der Waals surface area contributed by atoms with E-state index in [1.165, 1.54) is 0 Å². The maximum absolute atomic E-state index is 12.6. The Hall–Kier alpha value is -1.95. The summed E-state index contributed by atoms with van der Waals surface area (Å²) in [5.41, 5.74) is 1.21. The average molecular weight is 345 g/mol. The Labute approximate surface area is 147 Å². The molecule has 6 heteroatoms. The van der Waals surface area contributed by atoms with Crippen LogP contribution >= 0.6 is 12.6 Å². The zero-order valence-corrected chi connectivity index (χ0v) is 14.5. The molecule has 1 aliphatic rings. The van der Waals surface area contributed by atoms with Crippen LogP contribution in [0.15, 0.2) is 30.5 Å². The molecule has 24 heavy (non-hydrogen) atoms. The van der Waals surface area contributed by atoms with Crippen LogP contribution in [0.5, 0.6) is 0 Å². The van der Waals surface area contributed by atoms with Gasteiger partial charge in [0.1, 0.15) is 5.54 Å². The van der Waals surface area contributed by atoms with Crippen LogP contribution in [-0.2, 0) is 16.0 Å². The molecule has 1 fully saturated rings. The first-order valence-corrected chi connectivity index (χ1v) is 9.03. The summed E-state index contributed by atoms with van der Waals surface area (Å²) in [5, 5.41) is 6.94. The van der Waals surface area contributed by atoms with E-state index in [1.54, 1.807) is 0 Å². The molecule has 1 aromatic carbocycles. The number of aromatic amines is 1. The standard InChI is InChI=1S/C18H23N3O2S/c22-16(11-13-12-20-15-6-2-1-5-14(13)15)21-18(7-3-4-8-18)17(23)19-9-10-24/h1-2,5-6,12,20,24H,3-4,7-11H2,(H,19,23)(H,21,22). The summed E-state index contributed by atoms with van der Waals surface area (Å²) in [5.74, 6) is 0.398. The molecule has 0 atom stereocenters. The van der Waals surface area contributed by atoms with Crippen molar-refractivity contribution in [2.75, 3.05) is 12.3 Å². The highest BCUT2D eigenvalue weighted by atomic mass is 32.1. The van der Waals surface area contributed by atoms with Gasteiger partial charge in [-0.3, -0.25) is 9.59 Å². The molecule has 3 N–H and O–H groups in total. The van der Waals surface area contributed by atoms with Gasteiger partial charge in [-0.25, -0.2) is 0 Å². The predicted molar refractivity (Wildman–Crippen MR) is 98.2 cm³/mol. The summed E-state index contributed by atoms with van der Waals surface area (Å²) >= 11 is 4.12. The van der Waals surface area contributed by atoms with Crippen LogP contribution in [-0.4, -0.2) is 34.6 Å². The van der Waals surface area contributed by atoms with E-state index in [0.717, 1.165) is 29.3 Å². The highest BCUT2D eigenvalue weighted by molar-refractivity contribution is 7.80. The molecule has 0 radical (unpaired) electrons. The van der Waals surface area contributed by atoms with Gasteiger partial charge in [-0.05, 0) is 24.5 Å². The number of para-hydroxylation sites is 1. The summed E-state index contributed by atoms with van der Waals surface area (Å²) in [6, 6.07) is 7.90. The van der Waals surface area contributed by atoms with Gasteiger partial charge in [0.25, 0.3) is 0 Å². The van der Waals surface area contributed by atoms with Crippen LogP contribution in [0.4, 0.5) is 0 Å². The van der Waals surface area contributed by atoms with Gasteiger partial charge in [-0.2, -0.15) is 12.6 Å². The maximum Gasteiger partial charge on any atom is 0.245 e. The van der Waals surface area contributed by atoms with Crippen molar-refractivity contribution in [3.63, 3.8) is 0 Å². The van der Waals surface area contributed by atoms with E-state index in [0.29, 0.717) is 25.1 Å². The number of H-pyrrole nitrogens is 1. The molecule has 2 amide bonds. The van der Waals surface area contributed by atoms with Crippen molar-refractivity contribution in [3.05, 3.63) is 36.0 Å². The van der Waals surface area contributed by atoms with Gasteiger partial charge in [-0.1, -0.05) is 31.0 Å². The highest BCUT2D eigenvalue weighted by Gasteiger charge is 2.42. The second-order valence-electron chi connectivity index (χ2n) is 6.35. The molecule has 1 heterocycles. The first-order valence-electron chi connectivity index (χ1n) is 8.40. The van der Waals surface area contributed by atoms with Crippen molar-refractivity contribution in [2.24, 2.45) is 0 Å². The molecule has 2 aromatic rings. The van der Waals surface area contributed by atoms with E-state index in [2.05, 4.69) is 28.2 Å². The van der Waals surface area contributed by atoms with E-state index >= 15 is 0 Å². The zero-order valence-electron chi connectivity index (χ0n) is 13.6. The third-order valence-electron chi connectivity index (χ3n) is 4.69. The Morgan fingerprint density at radius 1 is 1.21 bits per heavy atom. The minimum absolute atomic E-state index is 0.0821. The predicted octanol–water partition coefficient (Wildman–Crippen LogP) is 2.19. The Kier molecular flexibility index (Phi) is 5.14. The summed E-state index contributed by atoms with van der Waals surface area (Å²) in [6.45, 7) is 0.516. The van der Waals surface area contributed by atoms with Crippen LogP contribution in [0, 0.1) is 0 Å². The van der Waals surface area contributed by atoms with E-state index < -0.39 is 5.54 Å². The number of thiol groups is 1. The minimum Gasteiger partial charge on any atom is -0.361 e. The fourth-order valence-electron chi connectivity index (χ4n) is 3.49. The molecule has 128 valence electrons. The van der Waals surface area contributed by atoms with Crippen molar-refractivity contribution in [1.29, 1.82) is 0 Å². The average Bonchev–Trinajstić information content (AvgIpc) is 3.21. The highest BCUT2D eigenvalue weighted by Crippen LogP contribution is 2.30. The molecule has 1 aliphatic carbocycles. The van der Waals surface area contributed by atoms with Crippen LogP contribution in [0.2, 0.25) is 0 Å². The number of fused-ring (bicyclic) bond motifs is 1. The third kappa shape index (κ3) is 3.43. The molecule has 0 aliphatic heterocycles. The number of amides is 2. The molecule has 0 saturated heterocycles. The molecule has 3 rings (SSSR count). The lowest BCUT2D eigenvalue weighted by atomic mass is 9.95. The van der Waals surface area contributed by atoms with E-state index in [1.807, 2.05) is 30.5 Å². The van der Waals surface area contributed by atoms with Gasteiger partial charge < -0.3 is 15.6 Å². The number of carbonyl (C=O) groups excluding carboxylic acids is 2. The first kappa shape index (κ1) is 16.9. The monoisotopic (exact) mass is 345 g/mol. The normalized spacial score (nSPS) is 16.2. The van der Waals surface area contributed by atoms with Crippen LogP contribution in [0.3, 0.4) is 0 Å². The van der Waals surface area contributed by atoms with E-state index in [4.69, 9.17) is 0 Å². The van der Waals surface area contributed by atoms with Crippen molar-refractivity contribution in [3.8, 4) is 0 Å². The van der Waals surface area contributed by atoms with E-state index in [-0.39, 0.29) is 18.2 Å². The molecular formula is C18H23N3O2S. The number of benzene rings is 1. The lowest BCUT2D eigenvalue weighted by Crippen LogP contribution is -2.57. The maximum atomic E-state index is 12.6. The first-order chi connectivity index (χ1) is 11.6. The smallest absolute Gasteiger partial charge is 0.245 e. The Morgan fingerprint density at radius 2 is 1.96 bits per heavy atom. The van der Waals surface area contributed by atoms with Crippen LogP contribution in [0.1, 0.15) is 31.2 Å². The van der Waals surface area contributed by atoms with Crippen molar-refractivity contribution >= 4 is 35.3 Å². The molecule has 0 bridgehead atoms. The van der Waals surface area contributed by atoms with Gasteiger partial charge in [0.05, 0.1) is 6.42 Å². The summed E-state index contributed by atoms with van der Waals surface area (Å²) in [7, 11) is 0. The molecule has 1 aromatic heterocycles.